The Bertz CT molecular complexity index is 1040. The van der Waals surface area contributed by atoms with Gasteiger partial charge in [0.25, 0.3) is 0 Å². The van der Waals surface area contributed by atoms with Crippen LogP contribution in [-0.4, -0.2) is 44.6 Å². The maximum Gasteiger partial charge on any atom is 0.306 e. The summed E-state index contributed by atoms with van der Waals surface area (Å²) >= 11 is 0. The summed E-state index contributed by atoms with van der Waals surface area (Å²) in [5.74, 6) is -1.09. The van der Waals surface area contributed by atoms with Gasteiger partial charge in [-0.1, -0.05) is 12.1 Å². The molecule has 0 saturated carbocycles. The molecule has 1 aromatic heterocycles. The molecule has 0 spiro atoms. The lowest BCUT2D eigenvalue weighted by atomic mass is 10.1. The third-order valence-corrected chi connectivity index (χ3v) is 5.98. The number of carbonyl (C=O) groups excluding carboxylic acids is 3. The smallest absolute Gasteiger partial charge is 0.306 e. The molecule has 0 atom stereocenters. The fourth-order valence-electron chi connectivity index (χ4n) is 3.05. The fourth-order valence-corrected chi connectivity index (χ4v) is 3.78. The predicted octanol–water partition coefficient (Wildman–Crippen LogP) is 2.10. The normalized spacial score (nSPS) is 11.3. The molecule has 2 aromatic rings. The molecule has 29 heavy (non-hydrogen) atoms. The molecule has 2 N–H and O–H groups in total. The highest BCUT2D eigenvalue weighted by atomic mass is 32.2. The number of rotatable bonds is 9. The van der Waals surface area contributed by atoms with Crippen molar-refractivity contribution in [3.63, 3.8) is 0 Å². The van der Waals surface area contributed by atoms with Crippen molar-refractivity contribution < 1.29 is 27.5 Å². The third-order valence-electron chi connectivity index (χ3n) is 4.55. The van der Waals surface area contributed by atoms with E-state index < -0.39 is 28.4 Å². The molecule has 0 bridgehead atoms. The highest BCUT2D eigenvalue weighted by Crippen LogP contribution is 2.19. The summed E-state index contributed by atoms with van der Waals surface area (Å²) < 4.78 is 30.6. The molecule has 0 unspecified atom stereocenters. The van der Waals surface area contributed by atoms with Crippen LogP contribution >= 0.6 is 0 Å². The second-order valence-corrected chi connectivity index (χ2v) is 8.50. The Hall–Kier alpha value is -2.78. The van der Waals surface area contributed by atoms with E-state index in [0.29, 0.717) is 23.2 Å². The first kappa shape index (κ1) is 22.5. The van der Waals surface area contributed by atoms with E-state index >= 15 is 0 Å². The van der Waals surface area contributed by atoms with E-state index in [0.717, 1.165) is 5.56 Å². The van der Waals surface area contributed by atoms with Crippen molar-refractivity contribution in [2.45, 2.75) is 38.5 Å². The van der Waals surface area contributed by atoms with Gasteiger partial charge in [0.1, 0.15) is 0 Å². The number of ketones is 2. The number of Topliss-reactive ketones (excluding diaryl/α,β-unsaturated/α-hetero) is 2. The second-order valence-electron chi connectivity index (χ2n) is 6.62. The summed E-state index contributed by atoms with van der Waals surface area (Å²) in [5.41, 5.74) is 2.66. The van der Waals surface area contributed by atoms with E-state index in [1.165, 1.54) is 26.1 Å². The van der Waals surface area contributed by atoms with E-state index in [2.05, 4.69) is 9.71 Å². The Morgan fingerprint density at radius 2 is 1.72 bits per heavy atom. The topological polar surface area (TPSA) is 122 Å². The van der Waals surface area contributed by atoms with Crippen molar-refractivity contribution in [2.75, 3.05) is 13.7 Å². The number of nitrogens with one attached hydrogen (secondary N) is 2. The van der Waals surface area contributed by atoms with E-state index in [4.69, 9.17) is 4.74 Å². The highest BCUT2D eigenvalue weighted by molar-refractivity contribution is 7.89. The van der Waals surface area contributed by atoms with Gasteiger partial charge in [0, 0.05) is 17.7 Å². The van der Waals surface area contributed by atoms with Gasteiger partial charge in [-0.2, -0.15) is 0 Å². The summed E-state index contributed by atoms with van der Waals surface area (Å²) in [7, 11) is -2.17. The van der Waals surface area contributed by atoms with Gasteiger partial charge in [0.15, 0.2) is 12.4 Å². The number of aryl methyl sites for hydroxylation is 2. The van der Waals surface area contributed by atoms with Gasteiger partial charge in [0.2, 0.25) is 15.8 Å². The van der Waals surface area contributed by atoms with Crippen molar-refractivity contribution in [3.8, 4) is 0 Å². The van der Waals surface area contributed by atoms with Gasteiger partial charge in [-0.05, 0) is 57.5 Å². The van der Waals surface area contributed by atoms with Crippen LogP contribution in [0, 0.1) is 13.8 Å². The zero-order chi connectivity index (χ0) is 21.8. The zero-order valence-corrected chi connectivity index (χ0v) is 17.6. The number of benzene rings is 1. The molecule has 1 aromatic carbocycles. The lowest BCUT2D eigenvalue weighted by Gasteiger charge is -2.06. The Labute approximate surface area is 169 Å². The minimum absolute atomic E-state index is 0.0484. The standard InChI is InChI=1S/C20H24N2O6S/c1-12-19(14(3)23)13(2)22-20(12)17(24)11-28-18(25)10-7-15-5-8-16(9-6-15)29(26,27)21-4/h5-6,8-9,21-22H,7,10-11H2,1-4H3. The number of aromatic nitrogens is 1. The van der Waals surface area contributed by atoms with Crippen LogP contribution in [0.3, 0.4) is 0 Å². The summed E-state index contributed by atoms with van der Waals surface area (Å²) in [6, 6.07) is 6.16. The minimum Gasteiger partial charge on any atom is -0.457 e. The van der Waals surface area contributed by atoms with E-state index in [1.807, 2.05) is 0 Å². The largest absolute Gasteiger partial charge is 0.457 e. The minimum atomic E-state index is -3.50. The predicted molar refractivity (Wildman–Crippen MR) is 107 cm³/mol. The molecule has 0 aliphatic heterocycles. The molecule has 9 heteroatoms. The van der Waals surface area contributed by atoms with E-state index in [1.54, 1.807) is 26.0 Å². The molecule has 0 amide bonds. The van der Waals surface area contributed by atoms with Gasteiger partial charge in [-0.3, -0.25) is 14.4 Å². The number of hydrogen-bond donors (Lipinski definition) is 2. The van der Waals surface area contributed by atoms with Crippen LogP contribution in [0.4, 0.5) is 0 Å². The third kappa shape index (κ3) is 5.39. The second kappa shape index (κ2) is 9.15. The molecule has 2 rings (SSSR count). The first-order valence-electron chi connectivity index (χ1n) is 8.98. The molecule has 0 radical (unpaired) electrons. The lowest BCUT2D eigenvalue weighted by molar-refractivity contribution is -0.142. The Morgan fingerprint density at radius 3 is 2.24 bits per heavy atom. The lowest BCUT2D eigenvalue weighted by Crippen LogP contribution is -2.18. The first-order valence-corrected chi connectivity index (χ1v) is 10.5. The van der Waals surface area contributed by atoms with E-state index in [-0.39, 0.29) is 22.8 Å². The summed E-state index contributed by atoms with van der Waals surface area (Å²) in [6.07, 6.45) is 0.398. The number of carbonyl (C=O) groups is 3. The van der Waals surface area contributed by atoms with Gasteiger partial charge in [0.05, 0.1) is 10.6 Å². The molecule has 1 heterocycles. The van der Waals surface area contributed by atoms with Crippen LogP contribution in [0.25, 0.3) is 0 Å². The quantitative estimate of drug-likeness (QED) is 0.473. The molecule has 0 saturated heterocycles. The Balaban J connectivity index is 1.90. The molecule has 8 nitrogen and oxygen atoms in total. The number of ether oxygens (including phenoxy) is 1. The molecular formula is C20H24N2O6S. The average molecular weight is 420 g/mol. The SMILES string of the molecule is CNS(=O)(=O)c1ccc(CCC(=O)OCC(=O)c2[nH]c(C)c(C(C)=O)c2C)cc1. The van der Waals surface area contributed by atoms with Gasteiger partial charge in [-0.25, -0.2) is 13.1 Å². The Morgan fingerprint density at radius 1 is 1.10 bits per heavy atom. The van der Waals surface area contributed by atoms with Crippen LogP contribution in [-0.2, 0) is 26.0 Å². The number of esters is 1. The monoisotopic (exact) mass is 420 g/mol. The molecule has 0 aliphatic carbocycles. The molecule has 0 aliphatic rings. The van der Waals surface area contributed by atoms with Gasteiger partial charge in [-0.15, -0.1) is 0 Å². The molecule has 156 valence electrons. The van der Waals surface area contributed by atoms with Gasteiger partial charge < -0.3 is 9.72 Å². The molecule has 0 fully saturated rings. The van der Waals surface area contributed by atoms with Crippen molar-refractivity contribution in [3.05, 3.63) is 52.3 Å². The average Bonchev–Trinajstić information content (AvgIpc) is 2.99. The summed E-state index contributed by atoms with van der Waals surface area (Å²) in [4.78, 5) is 38.9. The van der Waals surface area contributed by atoms with E-state index in [9.17, 15) is 22.8 Å². The molecular weight excluding hydrogens is 396 g/mol. The zero-order valence-electron chi connectivity index (χ0n) is 16.8. The first-order chi connectivity index (χ1) is 13.6. The van der Waals surface area contributed by atoms with Crippen molar-refractivity contribution in [1.29, 1.82) is 0 Å². The highest BCUT2D eigenvalue weighted by Gasteiger charge is 2.20. The number of H-pyrrole nitrogens is 1. The van der Waals surface area contributed by atoms with Crippen LogP contribution in [0.15, 0.2) is 29.2 Å². The summed E-state index contributed by atoms with van der Waals surface area (Å²) in [5, 5.41) is 0. The number of hydrogen-bond acceptors (Lipinski definition) is 6. The van der Waals surface area contributed by atoms with Crippen LogP contribution < -0.4 is 4.72 Å². The maximum absolute atomic E-state index is 12.3. The maximum atomic E-state index is 12.3. The van der Waals surface area contributed by atoms with Crippen molar-refractivity contribution in [1.82, 2.24) is 9.71 Å². The van der Waals surface area contributed by atoms with Crippen LogP contribution in [0.5, 0.6) is 0 Å². The fraction of sp³-hybridized carbons (Fsp3) is 0.350. The van der Waals surface area contributed by atoms with Crippen LogP contribution in [0.1, 0.15) is 51.0 Å². The van der Waals surface area contributed by atoms with Crippen LogP contribution in [0.2, 0.25) is 0 Å². The Kier molecular flexibility index (Phi) is 7.10. The van der Waals surface area contributed by atoms with Crippen molar-refractivity contribution >= 4 is 27.6 Å². The summed E-state index contributed by atoms with van der Waals surface area (Å²) in [6.45, 7) is 4.39. The van der Waals surface area contributed by atoms with Crippen molar-refractivity contribution in [2.24, 2.45) is 0 Å². The number of aromatic amines is 1. The number of sulfonamides is 1. The van der Waals surface area contributed by atoms with Gasteiger partial charge >= 0.3 is 5.97 Å².